The van der Waals surface area contributed by atoms with Crippen molar-refractivity contribution in [3.63, 3.8) is 0 Å². The van der Waals surface area contributed by atoms with Crippen LogP contribution in [-0.4, -0.2) is 47.0 Å². The van der Waals surface area contributed by atoms with E-state index in [1.807, 2.05) is 21.9 Å². The molecular formula is C19H21F3N4O. The van der Waals surface area contributed by atoms with Gasteiger partial charge in [-0.05, 0) is 36.6 Å². The van der Waals surface area contributed by atoms with E-state index in [4.69, 9.17) is 0 Å². The smallest absolute Gasteiger partial charge is 0.355 e. The molecule has 27 heavy (non-hydrogen) atoms. The maximum absolute atomic E-state index is 12.7. The molecule has 0 aliphatic carbocycles. The van der Waals surface area contributed by atoms with E-state index in [9.17, 15) is 18.0 Å². The van der Waals surface area contributed by atoms with E-state index < -0.39 is 11.7 Å². The second-order valence-electron chi connectivity index (χ2n) is 6.49. The van der Waals surface area contributed by atoms with E-state index in [0.29, 0.717) is 44.8 Å². The first kappa shape index (κ1) is 19.1. The Morgan fingerprint density at radius 1 is 1.07 bits per heavy atom. The summed E-state index contributed by atoms with van der Waals surface area (Å²) in [5.74, 6) is 0.591. The van der Waals surface area contributed by atoms with Crippen LogP contribution in [0.1, 0.15) is 24.0 Å². The molecule has 0 atom stereocenters. The van der Waals surface area contributed by atoms with Crippen molar-refractivity contribution in [1.82, 2.24) is 14.9 Å². The highest BCUT2D eigenvalue weighted by Crippen LogP contribution is 2.29. The molecular weight excluding hydrogens is 357 g/mol. The first-order chi connectivity index (χ1) is 12.9. The van der Waals surface area contributed by atoms with Gasteiger partial charge in [-0.25, -0.2) is 4.98 Å². The lowest BCUT2D eigenvalue weighted by atomic mass is 10.1. The van der Waals surface area contributed by atoms with Crippen LogP contribution in [0.3, 0.4) is 0 Å². The van der Waals surface area contributed by atoms with Crippen LogP contribution in [0, 0.1) is 0 Å². The SMILES string of the molecule is O=C(CCc1cccnc1)N1CCCN(c2ccc(C(F)(F)F)cn2)CC1. The zero-order valence-electron chi connectivity index (χ0n) is 14.8. The molecule has 144 valence electrons. The molecule has 3 rings (SSSR count). The Bertz CT molecular complexity index is 750. The molecule has 0 bridgehead atoms. The number of aryl methyl sites for hydroxylation is 1. The zero-order valence-corrected chi connectivity index (χ0v) is 14.8. The Hall–Kier alpha value is -2.64. The number of hydrogen-bond donors (Lipinski definition) is 0. The second-order valence-corrected chi connectivity index (χ2v) is 6.49. The molecule has 2 aromatic heterocycles. The van der Waals surface area contributed by atoms with Crippen LogP contribution in [0.5, 0.6) is 0 Å². The van der Waals surface area contributed by atoms with Gasteiger partial charge in [0.2, 0.25) is 5.91 Å². The van der Waals surface area contributed by atoms with Gasteiger partial charge in [0.15, 0.2) is 0 Å². The van der Waals surface area contributed by atoms with Gasteiger partial charge in [-0.3, -0.25) is 9.78 Å². The van der Waals surface area contributed by atoms with Gasteiger partial charge >= 0.3 is 6.18 Å². The third-order valence-electron chi connectivity index (χ3n) is 4.60. The van der Waals surface area contributed by atoms with Gasteiger partial charge in [0.25, 0.3) is 0 Å². The summed E-state index contributed by atoms with van der Waals surface area (Å²) in [6, 6.07) is 6.23. The molecule has 0 saturated carbocycles. The lowest BCUT2D eigenvalue weighted by Gasteiger charge is -2.23. The summed E-state index contributed by atoms with van der Waals surface area (Å²) < 4.78 is 38.0. The van der Waals surface area contributed by atoms with Gasteiger partial charge in [0.05, 0.1) is 5.56 Å². The van der Waals surface area contributed by atoms with Crippen LogP contribution in [0.4, 0.5) is 19.0 Å². The molecule has 1 fully saturated rings. The van der Waals surface area contributed by atoms with Crippen molar-refractivity contribution in [3.8, 4) is 0 Å². The van der Waals surface area contributed by atoms with Crippen molar-refractivity contribution in [2.24, 2.45) is 0 Å². The molecule has 0 aromatic carbocycles. The Balaban J connectivity index is 1.54. The predicted octanol–water partition coefficient (Wildman–Crippen LogP) is 3.17. The summed E-state index contributed by atoms with van der Waals surface area (Å²) >= 11 is 0. The summed E-state index contributed by atoms with van der Waals surface area (Å²) in [6.07, 6.45) is 1.75. The lowest BCUT2D eigenvalue weighted by Crippen LogP contribution is -2.35. The molecule has 3 heterocycles. The summed E-state index contributed by atoms with van der Waals surface area (Å²) in [5, 5.41) is 0. The predicted molar refractivity (Wildman–Crippen MR) is 95.2 cm³/mol. The zero-order chi connectivity index (χ0) is 19.3. The van der Waals surface area contributed by atoms with Crippen LogP contribution in [0.25, 0.3) is 0 Å². The van der Waals surface area contributed by atoms with Crippen molar-refractivity contribution >= 4 is 11.7 Å². The number of rotatable bonds is 4. The van der Waals surface area contributed by atoms with E-state index >= 15 is 0 Å². The first-order valence-corrected chi connectivity index (χ1v) is 8.88. The average Bonchev–Trinajstić information content (AvgIpc) is 2.93. The van der Waals surface area contributed by atoms with Crippen molar-refractivity contribution in [3.05, 3.63) is 54.0 Å². The quantitative estimate of drug-likeness (QED) is 0.820. The standard InChI is InChI=1S/C19H21F3N4O/c20-19(21,22)16-5-6-17(24-14-16)25-9-2-10-26(12-11-25)18(27)7-4-15-3-1-8-23-13-15/h1,3,5-6,8,13-14H,2,4,7,9-12H2. The minimum absolute atomic E-state index is 0.0843. The average molecular weight is 378 g/mol. The summed E-state index contributed by atoms with van der Waals surface area (Å²) in [7, 11) is 0. The van der Waals surface area contributed by atoms with Crippen LogP contribution >= 0.6 is 0 Å². The van der Waals surface area contributed by atoms with E-state index in [0.717, 1.165) is 24.2 Å². The van der Waals surface area contributed by atoms with Gasteiger partial charge in [0.1, 0.15) is 5.82 Å². The number of carbonyl (C=O) groups excluding carboxylic acids is 1. The summed E-state index contributed by atoms with van der Waals surface area (Å²) in [5.41, 5.74) is 0.268. The molecule has 0 radical (unpaired) electrons. The van der Waals surface area contributed by atoms with Crippen LogP contribution < -0.4 is 4.90 Å². The van der Waals surface area contributed by atoms with Crippen LogP contribution in [0.2, 0.25) is 0 Å². The van der Waals surface area contributed by atoms with Crippen LogP contribution in [0.15, 0.2) is 42.9 Å². The van der Waals surface area contributed by atoms with Crippen molar-refractivity contribution < 1.29 is 18.0 Å². The molecule has 0 unspecified atom stereocenters. The Kier molecular flexibility index (Phi) is 5.93. The maximum atomic E-state index is 12.7. The highest BCUT2D eigenvalue weighted by molar-refractivity contribution is 5.76. The number of nitrogens with zero attached hydrogens (tertiary/aromatic N) is 4. The van der Waals surface area contributed by atoms with Crippen LogP contribution in [-0.2, 0) is 17.4 Å². The number of pyridine rings is 2. The first-order valence-electron chi connectivity index (χ1n) is 8.88. The molecule has 0 spiro atoms. The number of alkyl halides is 3. The highest BCUT2D eigenvalue weighted by atomic mass is 19.4. The van der Waals surface area contributed by atoms with Gasteiger partial charge in [-0.2, -0.15) is 13.2 Å². The highest BCUT2D eigenvalue weighted by Gasteiger charge is 2.31. The van der Waals surface area contributed by atoms with E-state index in [2.05, 4.69) is 9.97 Å². The minimum Gasteiger partial charge on any atom is -0.355 e. The monoisotopic (exact) mass is 378 g/mol. The second kappa shape index (κ2) is 8.37. The van der Waals surface area contributed by atoms with Gasteiger partial charge in [0, 0.05) is 51.2 Å². The molecule has 0 N–H and O–H groups in total. The van der Waals surface area contributed by atoms with Gasteiger partial charge in [-0.15, -0.1) is 0 Å². The van der Waals surface area contributed by atoms with Crippen molar-refractivity contribution in [2.45, 2.75) is 25.4 Å². The molecule has 8 heteroatoms. The Morgan fingerprint density at radius 3 is 2.59 bits per heavy atom. The number of carbonyl (C=O) groups is 1. The molecule has 1 amide bonds. The number of anilines is 1. The van der Waals surface area contributed by atoms with Gasteiger partial charge in [-0.1, -0.05) is 6.07 Å². The third kappa shape index (κ3) is 5.18. The molecule has 1 aliphatic heterocycles. The Labute approximate surface area is 155 Å². The normalized spacial score (nSPS) is 15.5. The Morgan fingerprint density at radius 2 is 1.93 bits per heavy atom. The summed E-state index contributed by atoms with van der Waals surface area (Å²) in [6.45, 7) is 2.39. The van der Waals surface area contributed by atoms with Gasteiger partial charge < -0.3 is 9.80 Å². The maximum Gasteiger partial charge on any atom is 0.417 e. The topological polar surface area (TPSA) is 49.3 Å². The molecule has 1 saturated heterocycles. The fraction of sp³-hybridized carbons (Fsp3) is 0.421. The van der Waals surface area contributed by atoms with Crippen molar-refractivity contribution in [1.29, 1.82) is 0 Å². The minimum atomic E-state index is -4.39. The third-order valence-corrected chi connectivity index (χ3v) is 4.60. The summed E-state index contributed by atoms with van der Waals surface area (Å²) in [4.78, 5) is 24.2. The van der Waals surface area contributed by atoms with E-state index in [-0.39, 0.29) is 5.91 Å². The molecule has 1 aliphatic rings. The fourth-order valence-electron chi connectivity index (χ4n) is 3.09. The lowest BCUT2D eigenvalue weighted by molar-refractivity contribution is -0.137. The molecule has 2 aromatic rings. The number of amides is 1. The number of aromatic nitrogens is 2. The fourth-order valence-corrected chi connectivity index (χ4v) is 3.09. The largest absolute Gasteiger partial charge is 0.417 e. The molecule has 5 nitrogen and oxygen atoms in total. The van der Waals surface area contributed by atoms with E-state index in [1.54, 1.807) is 12.4 Å². The van der Waals surface area contributed by atoms with Crippen molar-refractivity contribution in [2.75, 3.05) is 31.1 Å². The number of hydrogen-bond acceptors (Lipinski definition) is 4. The van der Waals surface area contributed by atoms with E-state index in [1.165, 1.54) is 6.07 Å². The number of halogens is 3.